The van der Waals surface area contributed by atoms with Crippen LogP contribution < -0.4 is 16.8 Å². The number of anilines is 2. The molecule has 0 aliphatic heterocycles. The third-order valence-electron chi connectivity index (χ3n) is 6.72. The minimum atomic E-state index is -0.449. The van der Waals surface area contributed by atoms with Gasteiger partial charge in [0, 0.05) is 17.8 Å². The Morgan fingerprint density at radius 1 is 1.20 bits per heavy atom. The fourth-order valence-corrected chi connectivity index (χ4v) is 4.74. The third kappa shape index (κ3) is 6.03. The average molecular weight is 476 g/mol. The SMILES string of the molecule is CC(C)CCc1ccc(F)c(-c2ccc(N)c(C(=O)Nc3cnccc3C3CCC[C@H](N)C3)n2)c1. The first-order chi connectivity index (χ1) is 16.8. The zero-order valence-electron chi connectivity index (χ0n) is 20.4. The summed E-state index contributed by atoms with van der Waals surface area (Å²) >= 11 is 0. The Labute approximate surface area is 206 Å². The number of hydrogen-bond donors (Lipinski definition) is 3. The monoisotopic (exact) mass is 475 g/mol. The van der Waals surface area contributed by atoms with Gasteiger partial charge in [-0.3, -0.25) is 9.78 Å². The zero-order chi connectivity index (χ0) is 24.9. The van der Waals surface area contributed by atoms with Crippen LogP contribution in [0.5, 0.6) is 0 Å². The van der Waals surface area contributed by atoms with Crippen molar-refractivity contribution in [2.75, 3.05) is 11.1 Å². The Morgan fingerprint density at radius 2 is 2.03 bits per heavy atom. The Balaban J connectivity index is 1.60. The molecule has 1 aromatic carbocycles. The molecule has 1 fully saturated rings. The Morgan fingerprint density at radius 3 is 2.80 bits per heavy atom. The molecule has 1 aliphatic carbocycles. The van der Waals surface area contributed by atoms with E-state index in [0.717, 1.165) is 49.7 Å². The molecule has 2 heterocycles. The van der Waals surface area contributed by atoms with E-state index in [2.05, 4.69) is 29.1 Å². The maximum absolute atomic E-state index is 14.7. The molecule has 1 amide bonds. The second kappa shape index (κ2) is 11.0. The topological polar surface area (TPSA) is 107 Å². The van der Waals surface area contributed by atoms with Crippen LogP contribution in [0, 0.1) is 11.7 Å². The summed E-state index contributed by atoms with van der Waals surface area (Å²) in [6, 6.07) is 10.4. The lowest BCUT2D eigenvalue weighted by Gasteiger charge is -2.28. The smallest absolute Gasteiger partial charge is 0.276 e. The number of amides is 1. The quantitative estimate of drug-likeness (QED) is 0.407. The lowest BCUT2D eigenvalue weighted by atomic mass is 9.81. The van der Waals surface area contributed by atoms with Gasteiger partial charge in [-0.05, 0) is 85.4 Å². The number of nitrogens with one attached hydrogen (secondary N) is 1. The van der Waals surface area contributed by atoms with Gasteiger partial charge in [-0.25, -0.2) is 9.37 Å². The summed E-state index contributed by atoms with van der Waals surface area (Å²) in [5, 5.41) is 2.94. The van der Waals surface area contributed by atoms with Gasteiger partial charge in [0.25, 0.3) is 5.91 Å². The maximum atomic E-state index is 14.7. The van der Waals surface area contributed by atoms with Crippen LogP contribution in [0.2, 0.25) is 0 Å². The molecule has 1 saturated carbocycles. The van der Waals surface area contributed by atoms with Gasteiger partial charge in [0.2, 0.25) is 0 Å². The number of carbonyl (C=O) groups is 1. The van der Waals surface area contributed by atoms with Crippen molar-refractivity contribution in [1.82, 2.24) is 9.97 Å². The Hall–Kier alpha value is -3.32. The van der Waals surface area contributed by atoms with Crippen LogP contribution in [0.15, 0.2) is 48.8 Å². The summed E-state index contributed by atoms with van der Waals surface area (Å²) in [5.41, 5.74) is 16.0. The highest BCUT2D eigenvalue weighted by atomic mass is 19.1. The minimum absolute atomic E-state index is 0.0598. The van der Waals surface area contributed by atoms with E-state index in [-0.39, 0.29) is 29.2 Å². The molecular weight excluding hydrogens is 441 g/mol. The molecule has 6 nitrogen and oxygen atoms in total. The first kappa shape index (κ1) is 24.8. The molecule has 5 N–H and O–H groups in total. The number of nitrogens with zero attached hydrogens (tertiary/aromatic N) is 2. The van der Waals surface area contributed by atoms with Gasteiger partial charge in [0.15, 0.2) is 5.69 Å². The number of nitrogens with two attached hydrogens (primary N) is 2. The molecule has 1 aliphatic rings. The molecular formula is C28H34FN5O. The number of rotatable bonds is 7. The van der Waals surface area contributed by atoms with Gasteiger partial charge in [-0.15, -0.1) is 0 Å². The number of pyridine rings is 2. The van der Waals surface area contributed by atoms with Crippen LogP contribution in [-0.4, -0.2) is 21.9 Å². The van der Waals surface area contributed by atoms with Crippen molar-refractivity contribution in [3.63, 3.8) is 0 Å². The highest BCUT2D eigenvalue weighted by Crippen LogP contribution is 2.36. The highest BCUT2D eigenvalue weighted by Gasteiger charge is 2.24. The zero-order valence-corrected chi connectivity index (χ0v) is 20.4. The molecule has 4 rings (SSSR count). The number of aryl methyl sites for hydroxylation is 1. The minimum Gasteiger partial charge on any atom is -0.397 e. The van der Waals surface area contributed by atoms with Gasteiger partial charge < -0.3 is 16.8 Å². The van der Waals surface area contributed by atoms with Crippen molar-refractivity contribution in [3.05, 3.63) is 71.4 Å². The average Bonchev–Trinajstić information content (AvgIpc) is 2.84. The molecule has 184 valence electrons. The standard InChI is InChI=1S/C28H34FN5O/c1-17(2)6-7-18-8-9-23(29)22(14-18)25-11-10-24(31)27(33-25)28(35)34-26-16-32-13-12-21(26)19-4-3-5-20(30)15-19/h8-14,16-17,19-20H,3-7,15,30-31H2,1-2H3,(H,34,35)/t19?,20-/m0/s1. The number of nitrogen functional groups attached to an aromatic ring is 1. The van der Waals surface area contributed by atoms with Crippen LogP contribution in [0.25, 0.3) is 11.3 Å². The van der Waals surface area contributed by atoms with E-state index in [1.165, 1.54) is 6.07 Å². The highest BCUT2D eigenvalue weighted by molar-refractivity contribution is 6.06. The van der Waals surface area contributed by atoms with Crippen LogP contribution in [0.4, 0.5) is 15.8 Å². The van der Waals surface area contributed by atoms with Crippen LogP contribution in [-0.2, 0) is 6.42 Å². The van der Waals surface area contributed by atoms with Gasteiger partial charge in [0.1, 0.15) is 5.82 Å². The lowest BCUT2D eigenvalue weighted by Crippen LogP contribution is -2.27. The molecule has 0 saturated heterocycles. The van der Waals surface area contributed by atoms with E-state index in [4.69, 9.17) is 11.5 Å². The van der Waals surface area contributed by atoms with Crippen LogP contribution in [0.1, 0.15) is 73.5 Å². The fourth-order valence-electron chi connectivity index (χ4n) is 4.74. The molecule has 3 aromatic rings. The van der Waals surface area contributed by atoms with E-state index in [0.29, 0.717) is 22.9 Å². The molecule has 0 spiro atoms. The van der Waals surface area contributed by atoms with Crippen molar-refractivity contribution < 1.29 is 9.18 Å². The molecule has 2 atom stereocenters. The Kier molecular flexibility index (Phi) is 7.76. The summed E-state index contributed by atoms with van der Waals surface area (Å²) in [4.78, 5) is 21.9. The van der Waals surface area contributed by atoms with E-state index in [1.54, 1.807) is 30.6 Å². The van der Waals surface area contributed by atoms with Crippen molar-refractivity contribution in [3.8, 4) is 11.3 Å². The number of hydrogen-bond acceptors (Lipinski definition) is 5. The van der Waals surface area contributed by atoms with Crippen molar-refractivity contribution in [1.29, 1.82) is 0 Å². The second-order valence-electron chi connectivity index (χ2n) is 9.92. The van der Waals surface area contributed by atoms with E-state index >= 15 is 0 Å². The van der Waals surface area contributed by atoms with Gasteiger partial charge in [0.05, 0.1) is 23.3 Å². The summed E-state index contributed by atoms with van der Waals surface area (Å²) in [6.45, 7) is 4.32. The molecule has 7 heteroatoms. The lowest BCUT2D eigenvalue weighted by molar-refractivity contribution is 0.102. The molecule has 0 bridgehead atoms. The maximum Gasteiger partial charge on any atom is 0.276 e. The van der Waals surface area contributed by atoms with Gasteiger partial charge in [-0.1, -0.05) is 26.3 Å². The summed E-state index contributed by atoms with van der Waals surface area (Å²) in [6.07, 6.45) is 9.19. The first-order valence-corrected chi connectivity index (χ1v) is 12.4. The Bertz CT molecular complexity index is 1200. The molecule has 1 unspecified atom stereocenters. The number of aromatic nitrogens is 2. The molecule has 0 radical (unpaired) electrons. The first-order valence-electron chi connectivity index (χ1n) is 12.4. The fraction of sp³-hybridized carbons (Fsp3) is 0.393. The summed E-state index contributed by atoms with van der Waals surface area (Å²) in [5.74, 6) is -0.0216. The second-order valence-corrected chi connectivity index (χ2v) is 9.92. The van der Waals surface area contributed by atoms with E-state index < -0.39 is 5.91 Å². The number of halogens is 1. The predicted molar refractivity (Wildman–Crippen MR) is 139 cm³/mol. The predicted octanol–water partition coefficient (Wildman–Crippen LogP) is 5.69. The summed E-state index contributed by atoms with van der Waals surface area (Å²) < 4.78 is 14.7. The summed E-state index contributed by atoms with van der Waals surface area (Å²) in [7, 11) is 0. The van der Waals surface area contributed by atoms with Gasteiger partial charge >= 0.3 is 0 Å². The van der Waals surface area contributed by atoms with Crippen molar-refractivity contribution in [2.24, 2.45) is 11.7 Å². The van der Waals surface area contributed by atoms with E-state index in [1.807, 2.05) is 12.1 Å². The number of benzene rings is 1. The number of carbonyl (C=O) groups excluding carboxylic acids is 1. The normalized spacial score (nSPS) is 18.0. The van der Waals surface area contributed by atoms with Crippen molar-refractivity contribution in [2.45, 2.75) is 64.3 Å². The van der Waals surface area contributed by atoms with Gasteiger partial charge in [-0.2, -0.15) is 0 Å². The largest absolute Gasteiger partial charge is 0.397 e. The third-order valence-corrected chi connectivity index (χ3v) is 6.72. The molecule has 2 aromatic heterocycles. The molecule has 35 heavy (non-hydrogen) atoms. The van der Waals surface area contributed by atoms with E-state index in [9.17, 15) is 9.18 Å². The van der Waals surface area contributed by atoms with Crippen molar-refractivity contribution >= 4 is 17.3 Å². The van der Waals surface area contributed by atoms with Crippen LogP contribution in [0.3, 0.4) is 0 Å². The van der Waals surface area contributed by atoms with Crippen LogP contribution >= 0.6 is 0 Å².